The molecule has 1 aromatic rings. The zero-order valence-corrected chi connectivity index (χ0v) is 12.9. The molecular weight excluding hydrogens is 282 g/mol. The number of halogens is 1. The zero-order valence-electron chi connectivity index (χ0n) is 11.3. The Morgan fingerprint density at radius 3 is 2.84 bits per heavy atom. The summed E-state index contributed by atoms with van der Waals surface area (Å²) in [6, 6.07) is 0. The van der Waals surface area contributed by atoms with E-state index in [2.05, 4.69) is 17.2 Å². The van der Waals surface area contributed by atoms with Crippen LogP contribution in [-0.4, -0.2) is 24.0 Å². The van der Waals surface area contributed by atoms with Crippen LogP contribution in [0.5, 0.6) is 0 Å². The van der Waals surface area contributed by atoms with Crippen molar-refractivity contribution in [3.63, 3.8) is 0 Å². The first-order valence-corrected chi connectivity index (χ1v) is 7.50. The lowest BCUT2D eigenvalue weighted by Gasteiger charge is -2.41. The normalized spacial score (nSPS) is 16.3. The average Bonchev–Trinajstić information content (AvgIpc) is 2.77. The van der Waals surface area contributed by atoms with Crippen LogP contribution in [0.1, 0.15) is 48.1 Å². The number of aromatic nitrogens is 1. The number of carbonyl (C=O) groups is 1. The first kappa shape index (κ1) is 16.4. The van der Waals surface area contributed by atoms with Crippen LogP contribution in [0.2, 0.25) is 0 Å². The fraction of sp³-hybridized carbons (Fsp3) is 0.692. The summed E-state index contributed by atoms with van der Waals surface area (Å²) in [5, 5.41) is 5.78. The highest BCUT2D eigenvalue weighted by atomic mass is 35.5. The lowest BCUT2D eigenvalue weighted by molar-refractivity contribution is 0.0846. The van der Waals surface area contributed by atoms with Gasteiger partial charge in [0.2, 0.25) is 0 Å². The lowest BCUT2D eigenvalue weighted by Crippen LogP contribution is -2.41. The Labute approximate surface area is 124 Å². The minimum absolute atomic E-state index is 0. The molecule has 0 unspecified atom stereocenters. The molecule has 2 rings (SSSR count). The van der Waals surface area contributed by atoms with Crippen molar-refractivity contribution in [1.82, 2.24) is 10.3 Å². The van der Waals surface area contributed by atoms with Gasteiger partial charge in [-0.3, -0.25) is 4.79 Å². The molecule has 19 heavy (non-hydrogen) atoms. The molecule has 0 spiro atoms. The average molecular weight is 304 g/mol. The maximum atomic E-state index is 12.0. The maximum absolute atomic E-state index is 12.0. The summed E-state index contributed by atoms with van der Waals surface area (Å²) in [6.45, 7) is 3.56. The van der Waals surface area contributed by atoms with Crippen LogP contribution in [0.4, 0.5) is 0 Å². The Hall–Kier alpha value is -0.650. The molecule has 0 atom stereocenters. The van der Waals surface area contributed by atoms with E-state index in [4.69, 9.17) is 5.73 Å². The third-order valence-electron chi connectivity index (χ3n) is 3.93. The number of nitrogens with zero attached hydrogens (tertiary/aromatic N) is 1. The summed E-state index contributed by atoms with van der Waals surface area (Å²) in [5.41, 5.74) is 6.36. The minimum Gasteiger partial charge on any atom is -0.350 e. The van der Waals surface area contributed by atoms with Crippen molar-refractivity contribution in [1.29, 1.82) is 0 Å². The van der Waals surface area contributed by atoms with Crippen LogP contribution in [0.3, 0.4) is 0 Å². The molecular formula is C13H22ClN3OS. The van der Waals surface area contributed by atoms with E-state index < -0.39 is 0 Å². The third-order valence-corrected chi connectivity index (χ3v) is 4.84. The molecule has 1 heterocycles. The molecule has 1 amide bonds. The Balaban J connectivity index is 0.00000180. The van der Waals surface area contributed by atoms with E-state index in [-0.39, 0.29) is 18.3 Å². The summed E-state index contributed by atoms with van der Waals surface area (Å²) in [6.07, 6.45) is 5.65. The van der Waals surface area contributed by atoms with Gasteiger partial charge in [0.05, 0.1) is 5.01 Å². The molecule has 6 heteroatoms. The summed E-state index contributed by atoms with van der Waals surface area (Å²) >= 11 is 1.51. The van der Waals surface area contributed by atoms with Gasteiger partial charge >= 0.3 is 0 Å². The van der Waals surface area contributed by atoms with Crippen molar-refractivity contribution in [3.05, 3.63) is 16.1 Å². The van der Waals surface area contributed by atoms with E-state index in [1.165, 1.54) is 30.6 Å². The van der Waals surface area contributed by atoms with Crippen LogP contribution < -0.4 is 11.1 Å². The zero-order chi connectivity index (χ0) is 13.0. The van der Waals surface area contributed by atoms with Crippen molar-refractivity contribution in [2.45, 2.75) is 39.0 Å². The largest absolute Gasteiger partial charge is 0.350 e. The van der Waals surface area contributed by atoms with Crippen molar-refractivity contribution < 1.29 is 4.79 Å². The van der Waals surface area contributed by atoms with Crippen molar-refractivity contribution in [3.8, 4) is 0 Å². The predicted molar refractivity (Wildman–Crippen MR) is 81.0 cm³/mol. The predicted octanol–water partition coefficient (Wildman–Crippen LogP) is 2.38. The van der Waals surface area contributed by atoms with Crippen LogP contribution in [0, 0.1) is 5.41 Å². The lowest BCUT2D eigenvalue weighted by atomic mass is 9.67. The number of hydrogen-bond acceptors (Lipinski definition) is 4. The number of nitrogens with one attached hydrogen (secondary N) is 1. The van der Waals surface area contributed by atoms with E-state index in [1.54, 1.807) is 0 Å². The third kappa shape index (κ3) is 3.91. The van der Waals surface area contributed by atoms with Crippen molar-refractivity contribution >= 4 is 29.7 Å². The standard InChI is InChI=1S/C13H21N3OS.ClH/c1-2-13(5-3-6-13)9-15-12(17)10-8-18-11(16-10)4-7-14;/h8H,2-7,9,14H2,1H3,(H,15,17);1H. The summed E-state index contributed by atoms with van der Waals surface area (Å²) in [5.74, 6) is -0.0470. The monoisotopic (exact) mass is 303 g/mol. The molecule has 1 aliphatic carbocycles. The maximum Gasteiger partial charge on any atom is 0.270 e. The fourth-order valence-electron chi connectivity index (χ4n) is 2.34. The van der Waals surface area contributed by atoms with Crippen LogP contribution in [-0.2, 0) is 6.42 Å². The van der Waals surface area contributed by atoms with Crippen LogP contribution in [0.25, 0.3) is 0 Å². The van der Waals surface area contributed by atoms with Gasteiger partial charge in [0.25, 0.3) is 5.91 Å². The van der Waals surface area contributed by atoms with E-state index in [1.807, 2.05) is 5.38 Å². The highest BCUT2D eigenvalue weighted by molar-refractivity contribution is 7.09. The second-order valence-corrected chi connectivity index (χ2v) is 6.00. The summed E-state index contributed by atoms with van der Waals surface area (Å²) < 4.78 is 0. The number of hydrogen-bond donors (Lipinski definition) is 2. The van der Waals surface area contributed by atoms with Crippen molar-refractivity contribution in [2.75, 3.05) is 13.1 Å². The second-order valence-electron chi connectivity index (χ2n) is 5.05. The van der Waals surface area contributed by atoms with Gasteiger partial charge in [-0.05, 0) is 31.2 Å². The van der Waals surface area contributed by atoms with E-state index in [0.717, 1.165) is 24.4 Å². The molecule has 108 valence electrons. The molecule has 1 fully saturated rings. The summed E-state index contributed by atoms with van der Waals surface area (Å²) in [4.78, 5) is 16.3. The second kappa shape index (κ2) is 7.22. The molecule has 4 nitrogen and oxygen atoms in total. The molecule has 0 aliphatic heterocycles. The van der Waals surface area contributed by atoms with Crippen LogP contribution >= 0.6 is 23.7 Å². The molecule has 0 aromatic carbocycles. The number of carbonyl (C=O) groups excluding carboxylic acids is 1. The van der Waals surface area contributed by atoms with Gasteiger partial charge in [0, 0.05) is 18.3 Å². The SMILES string of the molecule is CCC1(CNC(=O)c2csc(CCN)n2)CCC1.Cl. The molecule has 0 saturated heterocycles. The molecule has 0 radical (unpaired) electrons. The smallest absolute Gasteiger partial charge is 0.270 e. The van der Waals surface area contributed by atoms with Gasteiger partial charge in [-0.2, -0.15) is 0 Å². The Kier molecular flexibility index (Phi) is 6.23. The first-order valence-electron chi connectivity index (χ1n) is 6.62. The number of rotatable bonds is 6. The van der Waals surface area contributed by atoms with Gasteiger partial charge < -0.3 is 11.1 Å². The summed E-state index contributed by atoms with van der Waals surface area (Å²) in [7, 11) is 0. The number of thiazole rings is 1. The Bertz CT molecular complexity index is 412. The topological polar surface area (TPSA) is 68.0 Å². The van der Waals surface area contributed by atoms with E-state index >= 15 is 0 Å². The van der Waals surface area contributed by atoms with Gasteiger partial charge in [-0.1, -0.05) is 13.3 Å². The Morgan fingerprint density at radius 1 is 1.58 bits per heavy atom. The fourth-order valence-corrected chi connectivity index (χ4v) is 3.14. The highest BCUT2D eigenvalue weighted by Crippen LogP contribution is 2.43. The van der Waals surface area contributed by atoms with Gasteiger partial charge in [0.15, 0.2) is 0 Å². The van der Waals surface area contributed by atoms with Gasteiger partial charge in [-0.25, -0.2) is 4.98 Å². The molecule has 3 N–H and O–H groups in total. The number of amides is 1. The Morgan fingerprint density at radius 2 is 2.32 bits per heavy atom. The van der Waals surface area contributed by atoms with E-state index in [0.29, 0.717) is 17.7 Å². The molecule has 1 saturated carbocycles. The molecule has 0 bridgehead atoms. The first-order chi connectivity index (χ1) is 8.69. The van der Waals surface area contributed by atoms with Crippen LogP contribution in [0.15, 0.2) is 5.38 Å². The van der Waals surface area contributed by atoms with Gasteiger partial charge in [-0.15, -0.1) is 23.7 Å². The van der Waals surface area contributed by atoms with Gasteiger partial charge in [0.1, 0.15) is 5.69 Å². The van der Waals surface area contributed by atoms with Crippen molar-refractivity contribution in [2.24, 2.45) is 11.1 Å². The highest BCUT2D eigenvalue weighted by Gasteiger charge is 2.35. The van der Waals surface area contributed by atoms with E-state index in [9.17, 15) is 4.79 Å². The quantitative estimate of drug-likeness (QED) is 0.848. The minimum atomic E-state index is -0.0470. The number of nitrogens with two attached hydrogens (primary N) is 1. The molecule has 1 aromatic heterocycles. The molecule has 1 aliphatic rings.